The minimum absolute atomic E-state index is 0.00715. The number of Topliss-reactive ketones (excluding diaryl/α,β-unsaturated/α-hetero) is 1. The Labute approximate surface area is 196 Å². The Bertz CT molecular complexity index is 1360. The number of hydrogen-bond acceptors (Lipinski definition) is 7. The van der Waals surface area contributed by atoms with Crippen molar-refractivity contribution in [1.29, 1.82) is 0 Å². The summed E-state index contributed by atoms with van der Waals surface area (Å²) in [7, 11) is -2.29. The van der Waals surface area contributed by atoms with E-state index in [4.69, 9.17) is 4.74 Å². The molecule has 176 valence electrons. The molecule has 1 aromatic heterocycles. The maximum atomic E-state index is 13.3. The van der Waals surface area contributed by atoms with Gasteiger partial charge in [-0.3, -0.25) is 14.5 Å². The van der Waals surface area contributed by atoms with Crippen molar-refractivity contribution in [2.75, 3.05) is 25.2 Å². The third kappa shape index (κ3) is 3.81. The number of ether oxygens (including phenoxy) is 1. The average Bonchev–Trinajstić information content (AvgIpc) is 3.56. The first-order chi connectivity index (χ1) is 16.4. The number of benzene rings is 2. The third-order valence-corrected chi connectivity index (χ3v) is 8.06. The molecule has 0 aliphatic carbocycles. The number of para-hydroxylation sites is 1. The fraction of sp³-hybridized carbons (Fsp3) is 0.304. The molecule has 10 nitrogen and oxygen atoms in total. The summed E-state index contributed by atoms with van der Waals surface area (Å²) < 4.78 is 34.7. The summed E-state index contributed by atoms with van der Waals surface area (Å²) >= 11 is 0. The maximum Gasteiger partial charge on any atom is 0.299 e. The zero-order valence-corrected chi connectivity index (χ0v) is 19.3. The Hall–Kier alpha value is -3.41. The quantitative estimate of drug-likeness (QED) is 0.473. The first kappa shape index (κ1) is 22.4. The second-order valence-electron chi connectivity index (χ2n) is 8.26. The van der Waals surface area contributed by atoms with Crippen molar-refractivity contribution in [2.45, 2.75) is 30.3 Å². The molecule has 0 radical (unpaired) electrons. The van der Waals surface area contributed by atoms with E-state index in [-0.39, 0.29) is 23.0 Å². The normalized spacial score (nSPS) is 18.6. The molecule has 0 saturated carbocycles. The number of nitrogens with zero attached hydrogens (tertiary/aromatic N) is 5. The first-order valence-electron chi connectivity index (χ1n) is 10.9. The van der Waals surface area contributed by atoms with Crippen LogP contribution in [0.2, 0.25) is 0 Å². The number of carbonyl (C=O) groups excluding carboxylic acids is 2. The molecule has 1 saturated heterocycles. The fourth-order valence-electron chi connectivity index (χ4n) is 4.46. The summed E-state index contributed by atoms with van der Waals surface area (Å²) in [6.07, 6.45) is 3.15. The predicted molar refractivity (Wildman–Crippen MR) is 122 cm³/mol. The van der Waals surface area contributed by atoms with E-state index in [2.05, 4.69) is 10.3 Å². The van der Waals surface area contributed by atoms with Crippen molar-refractivity contribution in [3.8, 4) is 5.69 Å². The Balaban J connectivity index is 1.42. The van der Waals surface area contributed by atoms with Crippen LogP contribution in [0.3, 0.4) is 0 Å². The zero-order valence-electron chi connectivity index (χ0n) is 18.5. The van der Waals surface area contributed by atoms with E-state index in [1.807, 2.05) is 30.3 Å². The second kappa shape index (κ2) is 8.75. The van der Waals surface area contributed by atoms with E-state index in [9.17, 15) is 18.0 Å². The maximum absolute atomic E-state index is 13.3. The lowest BCUT2D eigenvalue weighted by Crippen LogP contribution is -2.38. The van der Waals surface area contributed by atoms with E-state index in [1.54, 1.807) is 10.9 Å². The molecule has 11 heteroatoms. The Kier molecular flexibility index (Phi) is 5.76. The van der Waals surface area contributed by atoms with Crippen LogP contribution < -0.4 is 4.90 Å². The topological polar surface area (TPSA) is 115 Å². The van der Waals surface area contributed by atoms with Crippen LogP contribution in [0, 0.1) is 0 Å². The van der Waals surface area contributed by atoms with Gasteiger partial charge in [-0.05, 0) is 43.2 Å². The molecule has 2 aliphatic rings. The minimum Gasteiger partial charge on any atom is -0.383 e. The van der Waals surface area contributed by atoms with Gasteiger partial charge >= 0.3 is 0 Å². The van der Waals surface area contributed by atoms with Crippen LogP contribution in [0.15, 0.2) is 59.6 Å². The van der Waals surface area contributed by atoms with Crippen LogP contribution in [0.5, 0.6) is 0 Å². The molecule has 0 N–H and O–H groups in total. The highest BCUT2D eigenvalue weighted by molar-refractivity contribution is 7.89. The van der Waals surface area contributed by atoms with Gasteiger partial charge in [-0.2, -0.15) is 4.31 Å². The van der Waals surface area contributed by atoms with Gasteiger partial charge in [0, 0.05) is 19.7 Å². The van der Waals surface area contributed by atoms with Crippen molar-refractivity contribution in [1.82, 2.24) is 19.3 Å². The van der Waals surface area contributed by atoms with E-state index in [1.165, 1.54) is 34.5 Å². The molecule has 0 unspecified atom stereocenters. The van der Waals surface area contributed by atoms with Crippen LogP contribution in [-0.4, -0.2) is 65.7 Å². The van der Waals surface area contributed by atoms with Crippen LogP contribution in [0.4, 0.5) is 5.69 Å². The third-order valence-electron chi connectivity index (χ3n) is 6.11. The molecule has 3 aromatic rings. The van der Waals surface area contributed by atoms with E-state index in [0.717, 1.165) is 12.1 Å². The number of methoxy groups -OCH3 is 1. The minimum atomic E-state index is -3.83. The van der Waals surface area contributed by atoms with E-state index < -0.39 is 21.7 Å². The summed E-state index contributed by atoms with van der Waals surface area (Å²) in [6.45, 7) is 0.737. The van der Waals surface area contributed by atoms with Gasteiger partial charge < -0.3 is 4.74 Å². The summed E-state index contributed by atoms with van der Waals surface area (Å²) in [4.78, 5) is 26.8. The summed E-state index contributed by atoms with van der Waals surface area (Å²) in [5.41, 5.74) is 1.74. The lowest BCUT2D eigenvalue weighted by atomic mass is 10.1. The Morgan fingerprint density at radius 3 is 2.68 bits per heavy atom. The van der Waals surface area contributed by atoms with E-state index >= 15 is 0 Å². The number of sulfonamides is 1. The largest absolute Gasteiger partial charge is 0.383 e. The fourth-order valence-corrected chi connectivity index (χ4v) is 6.16. The molecule has 1 atom stereocenters. The van der Waals surface area contributed by atoms with Crippen molar-refractivity contribution >= 4 is 27.4 Å². The number of amides is 1. The highest BCUT2D eigenvalue weighted by Gasteiger charge is 2.40. The van der Waals surface area contributed by atoms with Crippen molar-refractivity contribution in [3.63, 3.8) is 0 Å². The average molecular weight is 482 g/mol. The number of carbonyl (C=O) groups is 2. The molecule has 0 spiro atoms. The molecule has 34 heavy (non-hydrogen) atoms. The van der Waals surface area contributed by atoms with Crippen LogP contribution in [0.25, 0.3) is 5.69 Å². The van der Waals surface area contributed by atoms with E-state index in [0.29, 0.717) is 31.0 Å². The van der Waals surface area contributed by atoms with Gasteiger partial charge in [-0.25, -0.2) is 13.1 Å². The second-order valence-corrected chi connectivity index (χ2v) is 10.1. The highest BCUT2D eigenvalue weighted by Crippen LogP contribution is 2.34. The van der Waals surface area contributed by atoms with Gasteiger partial charge in [-0.15, -0.1) is 5.10 Å². The predicted octanol–water partition coefficient (Wildman–Crippen LogP) is 1.80. The monoisotopic (exact) mass is 481 g/mol. The van der Waals surface area contributed by atoms with Gasteiger partial charge in [0.05, 0.1) is 41.2 Å². The first-order valence-corrected chi connectivity index (χ1v) is 12.3. The van der Waals surface area contributed by atoms with Crippen molar-refractivity contribution in [3.05, 3.63) is 66.0 Å². The van der Waals surface area contributed by atoms with Gasteiger partial charge in [-0.1, -0.05) is 23.4 Å². The van der Waals surface area contributed by atoms with Crippen LogP contribution in [0.1, 0.15) is 28.9 Å². The summed E-state index contributed by atoms with van der Waals surface area (Å²) in [6, 6.07) is 13.4. The molecular formula is C23H23N5O5S. The smallest absolute Gasteiger partial charge is 0.299 e. The number of rotatable bonds is 7. The Morgan fingerprint density at radius 2 is 1.91 bits per heavy atom. The number of fused-ring (bicyclic) bond motifs is 1. The lowest BCUT2D eigenvalue weighted by Gasteiger charge is -2.23. The highest BCUT2D eigenvalue weighted by atomic mass is 32.2. The molecule has 3 heterocycles. The molecule has 0 bridgehead atoms. The molecule has 2 aromatic carbocycles. The van der Waals surface area contributed by atoms with Crippen molar-refractivity contribution in [2.24, 2.45) is 0 Å². The van der Waals surface area contributed by atoms with Gasteiger partial charge in [0.1, 0.15) is 5.69 Å². The lowest BCUT2D eigenvalue weighted by molar-refractivity contribution is -0.114. The zero-order chi connectivity index (χ0) is 23.9. The molecule has 1 amide bonds. The number of ketones is 1. The van der Waals surface area contributed by atoms with Gasteiger partial charge in [0.25, 0.3) is 11.7 Å². The van der Waals surface area contributed by atoms with Gasteiger partial charge in [0.15, 0.2) is 0 Å². The molecular weight excluding hydrogens is 458 g/mol. The van der Waals surface area contributed by atoms with Crippen LogP contribution >= 0.6 is 0 Å². The molecule has 5 rings (SSSR count). The molecule has 2 aliphatic heterocycles. The summed E-state index contributed by atoms with van der Waals surface area (Å²) in [5.74, 6) is -1.46. The number of anilines is 1. The molecule has 1 fully saturated rings. The Morgan fingerprint density at radius 1 is 1.12 bits per heavy atom. The van der Waals surface area contributed by atoms with Gasteiger partial charge in [0.2, 0.25) is 10.0 Å². The standard InChI is InChI=1S/C23H23N5O5S/c1-33-15-18-8-5-11-28(18)34(31,32)19-9-10-21-20(12-19)22(29)23(30)26(21)13-16-14-27(25-24-16)17-6-3-2-4-7-17/h2-4,6-7,9-10,12,14,18H,5,8,11,13,15H2,1H3/t18-/m0/s1. The van der Waals surface area contributed by atoms with Crippen LogP contribution in [-0.2, 0) is 26.1 Å². The van der Waals surface area contributed by atoms with Crippen molar-refractivity contribution < 1.29 is 22.7 Å². The number of aromatic nitrogens is 3. The SMILES string of the molecule is COC[C@@H]1CCCN1S(=O)(=O)c1ccc2c(c1)C(=O)C(=O)N2Cc1cn(-c2ccccc2)nn1. The number of hydrogen-bond donors (Lipinski definition) is 0. The summed E-state index contributed by atoms with van der Waals surface area (Å²) in [5, 5.41) is 8.21.